The highest BCUT2D eigenvalue weighted by Crippen LogP contribution is 2.17. The Morgan fingerprint density at radius 2 is 2.00 bits per heavy atom. The maximum Gasteiger partial charge on any atom is 0.188 e. The first kappa shape index (κ1) is 8.10. The first-order valence-electron chi connectivity index (χ1n) is 4.43. The van der Waals surface area contributed by atoms with E-state index in [2.05, 4.69) is 18.2 Å². The van der Waals surface area contributed by atoms with Gasteiger partial charge in [0.2, 0.25) is 0 Å². The third-order valence-corrected chi connectivity index (χ3v) is 2.47. The molecule has 1 aliphatic heterocycles. The van der Waals surface area contributed by atoms with Crippen molar-refractivity contribution in [1.29, 1.82) is 5.41 Å². The minimum atomic E-state index is 0.175. The molecule has 3 heteroatoms. The fraction of sp³-hybridized carbons (Fsp3) is 0.300. The average molecular weight is 176 g/mol. The molecule has 0 atom stereocenters. The van der Waals surface area contributed by atoms with Crippen molar-refractivity contribution >= 4 is 5.96 Å². The summed E-state index contributed by atoms with van der Waals surface area (Å²) in [7, 11) is 0. The van der Waals surface area contributed by atoms with Gasteiger partial charge in [-0.1, -0.05) is 24.3 Å². The summed E-state index contributed by atoms with van der Waals surface area (Å²) < 4.78 is 0. The van der Waals surface area contributed by atoms with Gasteiger partial charge in [-0.2, -0.15) is 0 Å². The highest BCUT2D eigenvalue weighted by molar-refractivity contribution is 5.74. The molecular weight excluding hydrogens is 163 g/mol. The lowest BCUT2D eigenvalue weighted by molar-refractivity contribution is 0.387. The summed E-state index contributed by atoms with van der Waals surface area (Å²) in [4.78, 5) is 1.89. The standard InChI is InChI=1S/C10H13N3/c11-10(12)13-6-5-8-3-1-2-4-9(8)7-13/h1-4H,5-7H2,(H3,11,12)/i10+1. The zero-order valence-electron chi connectivity index (χ0n) is 7.46. The van der Waals surface area contributed by atoms with E-state index in [-0.39, 0.29) is 5.96 Å². The normalized spacial score (nSPS) is 15.2. The van der Waals surface area contributed by atoms with Gasteiger partial charge in [-0.15, -0.1) is 0 Å². The van der Waals surface area contributed by atoms with E-state index < -0.39 is 0 Å². The molecule has 0 radical (unpaired) electrons. The van der Waals surface area contributed by atoms with Crippen molar-refractivity contribution in [2.75, 3.05) is 6.54 Å². The van der Waals surface area contributed by atoms with Crippen LogP contribution in [0, 0.1) is 5.41 Å². The van der Waals surface area contributed by atoms with E-state index in [1.807, 2.05) is 11.0 Å². The Hall–Kier alpha value is -1.51. The van der Waals surface area contributed by atoms with Crippen LogP contribution in [0.15, 0.2) is 24.3 Å². The number of benzene rings is 1. The average Bonchev–Trinajstić information content (AvgIpc) is 2.17. The van der Waals surface area contributed by atoms with E-state index in [0.717, 1.165) is 19.5 Å². The van der Waals surface area contributed by atoms with Crippen LogP contribution in [0.3, 0.4) is 0 Å². The minimum Gasteiger partial charge on any atom is -0.370 e. The van der Waals surface area contributed by atoms with E-state index in [4.69, 9.17) is 11.1 Å². The van der Waals surface area contributed by atoms with E-state index >= 15 is 0 Å². The molecule has 1 aliphatic rings. The molecule has 0 fully saturated rings. The van der Waals surface area contributed by atoms with Crippen molar-refractivity contribution in [3.63, 3.8) is 0 Å². The number of fused-ring (bicyclic) bond motifs is 1. The Morgan fingerprint density at radius 3 is 2.69 bits per heavy atom. The van der Waals surface area contributed by atoms with E-state index in [9.17, 15) is 0 Å². The van der Waals surface area contributed by atoms with Gasteiger partial charge in [0.1, 0.15) is 0 Å². The summed E-state index contributed by atoms with van der Waals surface area (Å²) in [6.45, 7) is 1.65. The molecular formula is C10H13N3. The molecule has 0 amide bonds. The zero-order chi connectivity index (χ0) is 9.26. The number of nitrogens with one attached hydrogen (secondary N) is 1. The fourth-order valence-electron chi connectivity index (χ4n) is 1.70. The summed E-state index contributed by atoms with van der Waals surface area (Å²) in [5.41, 5.74) is 8.12. The van der Waals surface area contributed by atoms with Gasteiger partial charge >= 0.3 is 0 Å². The molecule has 3 nitrogen and oxygen atoms in total. The van der Waals surface area contributed by atoms with Crippen LogP contribution in [-0.4, -0.2) is 17.4 Å². The lowest BCUT2D eigenvalue weighted by atomic mass is 10.0. The molecule has 13 heavy (non-hydrogen) atoms. The monoisotopic (exact) mass is 176 g/mol. The topological polar surface area (TPSA) is 53.1 Å². The zero-order valence-corrected chi connectivity index (χ0v) is 7.46. The van der Waals surface area contributed by atoms with Crippen LogP contribution in [0.5, 0.6) is 0 Å². The van der Waals surface area contributed by atoms with Crippen molar-refractivity contribution < 1.29 is 0 Å². The Balaban J connectivity index is 2.24. The van der Waals surface area contributed by atoms with Crippen molar-refractivity contribution in [2.24, 2.45) is 5.73 Å². The molecule has 2 rings (SSSR count). The second kappa shape index (κ2) is 3.09. The van der Waals surface area contributed by atoms with Crippen LogP contribution in [0.2, 0.25) is 0 Å². The number of rotatable bonds is 0. The van der Waals surface area contributed by atoms with Gasteiger partial charge in [0.05, 0.1) is 0 Å². The quantitative estimate of drug-likeness (QED) is 0.351. The lowest BCUT2D eigenvalue weighted by Crippen LogP contribution is -2.39. The van der Waals surface area contributed by atoms with Gasteiger partial charge in [-0.05, 0) is 17.5 Å². The number of hydrogen-bond donors (Lipinski definition) is 2. The number of guanidine groups is 1. The molecule has 1 aromatic carbocycles. The second-order valence-electron chi connectivity index (χ2n) is 3.33. The number of hydrogen-bond acceptors (Lipinski definition) is 1. The summed E-state index contributed by atoms with van der Waals surface area (Å²) in [6, 6.07) is 8.34. The highest BCUT2D eigenvalue weighted by atomic mass is 15.4. The molecule has 0 bridgehead atoms. The summed E-state index contributed by atoms with van der Waals surface area (Å²) in [6.07, 6.45) is 0.996. The number of nitrogens with two attached hydrogens (primary N) is 1. The molecule has 1 aromatic rings. The maximum atomic E-state index is 7.33. The summed E-state index contributed by atoms with van der Waals surface area (Å²) in [5.74, 6) is 0.175. The van der Waals surface area contributed by atoms with Crippen LogP contribution >= 0.6 is 0 Å². The summed E-state index contributed by atoms with van der Waals surface area (Å²) >= 11 is 0. The molecule has 0 aromatic heterocycles. The van der Waals surface area contributed by atoms with Gasteiger partial charge in [-0.25, -0.2) is 0 Å². The Labute approximate surface area is 77.7 Å². The molecule has 68 valence electrons. The molecule has 0 spiro atoms. The van der Waals surface area contributed by atoms with Gasteiger partial charge in [0, 0.05) is 13.1 Å². The van der Waals surface area contributed by atoms with E-state index in [1.54, 1.807) is 0 Å². The third kappa shape index (κ3) is 1.49. The second-order valence-corrected chi connectivity index (χ2v) is 3.33. The van der Waals surface area contributed by atoms with Gasteiger partial charge < -0.3 is 10.6 Å². The molecule has 0 saturated carbocycles. The van der Waals surface area contributed by atoms with Gasteiger partial charge in [0.15, 0.2) is 5.96 Å². The Bertz CT molecular complexity index is 333. The van der Waals surface area contributed by atoms with Crippen molar-refractivity contribution in [3.8, 4) is 0 Å². The molecule has 0 aliphatic carbocycles. The van der Waals surface area contributed by atoms with Crippen LogP contribution < -0.4 is 5.73 Å². The first-order valence-corrected chi connectivity index (χ1v) is 4.43. The van der Waals surface area contributed by atoms with Crippen LogP contribution in [-0.2, 0) is 13.0 Å². The highest BCUT2D eigenvalue weighted by Gasteiger charge is 2.15. The van der Waals surface area contributed by atoms with Crippen LogP contribution in [0.4, 0.5) is 0 Å². The molecule has 0 unspecified atom stereocenters. The molecule has 1 heterocycles. The minimum absolute atomic E-state index is 0.175. The van der Waals surface area contributed by atoms with Gasteiger partial charge in [0.25, 0.3) is 0 Å². The predicted molar refractivity (Wildman–Crippen MR) is 52.5 cm³/mol. The number of nitrogens with zero attached hydrogens (tertiary/aromatic N) is 1. The fourth-order valence-corrected chi connectivity index (χ4v) is 1.70. The van der Waals surface area contributed by atoms with Crippen molar-refractivity contribution in [1.82, 2.24) is 4.90 Å². The van der Waals surface area contributed by atoms with Gasteiger partial charge in [-0.3, -0.25) is 5.41 Å². The van der Waals surface area contributed by atoms with Crippen LogP contribution in [0.1, 0.15) is 11.1 Å². The van der Waals surface area contributed by atoms with Crippen LogP contribution in [0.25, 0.3) is 0 Å². The largest absolute Gasteiger partial charge is 0.370 e. The Kier molecular flexibility index (Phi) is 1.93. The lowest BCUT2D eigenvalue weighted by Gasteiger charge is -2.28. The maximum absolute atomic E-state index is 7.33. The smallest absolute Gasteiger partial charge is 0.188 e. The van der Waals surface area contributed by atoms with E-state index in [1.165, 1.54) is 11.1 Å². The van der Waals surface area contributed by atoms with Crippen molar-refractivity contribution in [2.45, 2.75) is 13.0 Å². The first-order chi connectivity index (χ1) is 6.27. The Morgan fingerprint density at radius 1 is 1.31 bits per heavy atom. The molecule has 0 saturated heterocycles. The van der Waals surface area contributed by atoms with Crippen molar-refractivity contribution in [3.05, 3.63) is 35.4 Å². The van der Waals surface area contributed by atoms with E-state index in [0.29, 0.717) is 0 Å². The SMILES string of the molecule is N=[13C](N)N1CCc2ccccc2C1. The third-order valence-electron chi connectivity index (χ3n) is 2.47. The predicted octanol–water partition coefficient (Wildman–Crippen LogP) is 0.938. The summed E-state index contributed by atoms with van der Waals surface area (Å²) in [5, 5.41) is 7.33. The molecule has 3 N–H and O–H groups in total.